The number of furan rings is 1. The molecule has 1 aliphatic carbocycles. The van der Waals surface area contributed by atoms with Crippen molar-refractivity contribution in [3.05, 3.63) is 145 Å². The minimum atomic E-state index is -0.0360. The lowest BCUT2D eigenvalue weighted by molar-refractivity contribution is 0.658. The largest absolute Gasteiger partial charge is 0.456 e. The van der Waals surface area contributed by atoms with E-state index in [0.29, 0.717) is 0 Å². The third-order valence-corrected chi connectivity index (χ3v) is 10.2. The van der Waals surface area contributed by atoms with Gasteiger partial charge in [-0.15, -0.1) is 0 Å². The quantitative estimate of drug-likeness (QED) is 0.192. The molecule has 0 N–H and O–H groups in total. The highest BCUT2D eigenvalue weighted by Gasteiger charge is 2.36. The zero-order chi connectivity index (χ0) is 29.2. The van der Waals surface area contributed by atoms with Crippen molar-refractivity contribution in [3.63, 3.8) is 0 Å². The Morgan fingerprint density at radius 3 is 1.77 bits per heavy atom. The van der Waals surface area contributed by atoms with Gasteiger partial charge in [-0.2, -0.15) is 0 Å². The average molecular weight is 561 g/mol. The minimum Gasteiger partial charge on any atom is -0.456 e. The Morgan fingerprint density at radius 1 is 0.409 bits per heavy atom. The summed E-state index contributed by atoms with van der Waals surface area (Å²) in [5.74, 6) is 0. The Labute approximate surface area is 255 Å². The van der Waals surface area contributed by atoms with Gasteiger partial charge in [0.25, 0.3) is 0 Å². The minimum absolute atomic E-state index is 0.0360. The fourth-order valence-electron chi connectivity index (χ4n) is 8.06. The summed E-state index contributed by atoms with van der Waals surface area (Å²) in [6, 6.07) is 49.2. The number of hydrogen-bond acceptors (Lipinski definition) is 1. The second-order valence-corrected chi connectivity index (χ2v) is 12.9. The van der Waals surface area contributed by atoms with E-state index in [1.54, 1.807) is 0 Å². The zero-order valence-corrected chi connectivity index (χ0v) is 24.6. The van der Waals surface area contributed by atoms with E-state index in [-0.39, 0.29) is 5.41 Å². The topological polar surface area (TPSA) is 13.1 Å². The summed E-state index contributed by atoms with van der Waals surface area (Å²) in [5, 5.41) is 10.2. The van der Waals surface area contributed by atoms with E-state index in [1.807, 2.05) is 0 Å². The molecule has 1 aromatic heterocycles. The van der Waals surface area contributed by atoms with Gasteiger partial charge in [0, 0.05) is 16.2 Å². The SMILES string of the molecule is CC1(C)c2ccccc2-c2cc3oc4cc(-c5ccc6ccc7c(-c8ccccc8)ccc8ccc5c6c87)ccc4c3cc21. The molecule has 0 bridgehead atoms. The Kier molecular flexibility index (Phi) is 4.58. The number of fused-ring (bicyclic) bond motifs is 6. The second kappa shape index (κ2) is 8.36. The predicted molar refractivity (Wildman–Crippen MR) is 186 cm³/mol. The van der Waals surface area contributed by atoms with Crippen LogP contribution in [0.15, 0.2) is 138 Å². The molecule has 0 spiro atoms. The maximum Gasteiger partial charge on any atom is 0.136 e. The molecule has 0 saturated heterocycles. The molecule has 0 saturated carbocycles. The lowest BCUT2D eigenvalue weighted by Crippen LogP contribution is -2.14. The first kappa shape index (κ1) is 24.1. The highest BCUT2D eigenvalue weighted by Crippen LogP contribution is 2.51. The third-order valence-electron chi connectivity index (χ3n) is 10.2. The summed E-state index contributed by atoms with van der Waals surface area (Å²) in [7, 11) is 0. The summed E-state index contributed by atoms with van der Waals surface area (Å²) in [5.41, 5.74) is 12.2. The van der Waals surface area contributed by atoms with E-state index >= 15 is 0 Å². The third kappa shape index (κ3) is 3.09. The molecule has 1 nitrogen and oxygen atoms in total. The molecule has 10 rings (SSSR count). The maximum atomic E-state index is 6.61. The lowest BCUT2D eigenvalue weighted by atomic mass is 9.82. The Bertz CT molecular complexity index is 2620. The summed E-state index contributed by atoms with van der Waals surface area (Å²) >= 11 is 0. The van der Waals surface area contributed by atoms with Crippen molar-refractivity contribution in [2.45, 2.75) is 19.3 Å². The van der Waals surface area contributed by atoms with Crippen LogP contribution < -0.4 is 0 Å². The molecule has 0 amide bonds. The maximum absolute atomic E-state index is 6.61. The first-order chi connectivity index (χ1) is 21.6. The molecule has 8 aromatic carbocycles. The van der Waals surface area contributed by atoms with Gasteiger partial charge >= 0.3 is 0 Å². The van der Waals surface area contributed by atoms with Gasteiger partial charge in [0.2, 0.25) is 0 Å². The van der Waals surface area contributed by atoms with E-state index in [2.05, 4.69) is 147 Å². The van der Waals surface area contributed by atoms with Crippen molar-refractivity contribution in [2.75, 3.05) is 0 Å². The summed E-state index contributed by atoms with van der Waals surface area (Å²) in [6.45, 7) is 4.67. The van der Waals surface area contributed by atoms with Crippen molar-refractivity contribution in [1.82, 2.24) is 0 Å². The lowest BCUT2D eigenvalue weighted by Gasteiger charge is -2.21. The van der Waals surface area contributed by atoms with Crippen LogP contribution in [0, 0.1) is 0 Å². The molecule has 44 heavy (non-hydrogen) atoms. The molecule has 1 aliphatic rings. The molecule has 1 heterocycles. The molecule has 0 fully saturated rings. The van der Waals surface area contributed by atoms with Gasteiger partial charge in [-0.3, -0.25) is 0 Å². The van der Waals surface area contributed by atoms with E-state index < -0.39 is 0 Å². The van der Waals surface area contributed by atoms with Gasteiger partial charge in [0.1, 0.15) is 11.2 Å². The normalized spacial score (nSPS) is 13.9. The van der Waals surface area contributed by atoms with Crippen LogP contribution in [0.25, 0.3) is 87.6 Å². The van der Waals surface area contributed by atoms with Gasteiger partial charge in [-0.05, 0) is 101 Å². The Morgan fingerprint density at radius 2 is 1.02 bits per heavy atom. The fraction of sp³-hybridized carbons (Fsp3) is 0.0698. The monoisotopic (exact) mass is 560 g/mol. The van der Waals surface area contributed by atoms with Gasteiger partial charge in [-0.25, -0.2) is 0 Å². The molecule has 9 aromatic rings. The van der Waals surface area contributed by atoms with Crippen LogP contribution in [0.5, 0.6) is 0 Å². The summed E-state index contributed by atoms with van der Waals surface area (Å²) in [4.78, 5) is 0. The zero-order valence-electron chi connectivity index (χ0n) is 24.6. The average Bonchev–Trinajstić information content (AvgIpc) is 3.53. The van der Waals surface area contributed by atoms with Crippen LogP contribution in [0.4, 0.5) is 0 Å². The van der Waals surface area contributed by atoms with E-state index in [1.165, 1.54) is 87.6 Å². The molecule has 1 heteroatoms. The Balaban J connectivity index is 1.18. The van der Waals surface area contributed by atoms with E-state index in [9.17, 15) is 0 Å². The molecule has 0 aliphatic heterocycles. The van der Waals surface area contributed by atoms with Crippen LogP contribution >= 0.6 is 0 Å². The van der Waals surface area contributed by atoms with Crippen molar-refractivity contribution in [1.29, 1.82) is 0 Å². The molecular formula is C43H28O. The highest BCUT2D eigenvalue weighted by atomic mass is 16.3. The molecule has 0 radical (unpaired) electrons. The molecular weight excluding hydrogens is 532 g/mol. The number of benzene rings is 8. The Hall–Kier alpha value is -5.40. The van der Waals surface area contributed by atoms with Crippen molar-refractivity contribution >= 4 is 54.3 Å². The van der Waals surface area contributed by atoms with Crippen molar-refractivity contribution < 1.29 is 4.42 Å². The van der Waals surface area contributed by atoms with Crippen LogP contribution in [0.2, 0.25) is 0 Å². The van der Waals surface area contributed by atoms with E-state index in [4.69, 9.17) is 4.42 Å². The summed E-state index contributed by atoms with van der Waals surface area (Å²) < 4.78 is 6.61. The van der Waals surface area contributed by atoms with Crippen LogP contribution in [-0.4, -0.2) is 0 Å². The molecule has 206 valence electrons. The number of rotatable bonds is 2. The standard InChI is InChI=1S/C43H28O/c1-43(2)37-11-7-6-10-31(37)35-24-40-36(23-38(35)43)32-19-16-28(22-39(32)44-40)30-18-13-27-14-20-33-29(25-8-4-3-5-9-25)17-12-26-15-21-34(30)42(27)41(26)33/h3-24H,1-2H3. The van der Waals surface area contributed by atoms with Gasteiger partial charge in [0.15, 0.2) is 0 Å². The van der Waals surface area contributed by atoms with Crippen LogP contribution in [0.1, 0.15) is 25.0 Å². The van der Waals surface area contributed by atoms with Gasteiger partial charge in [0.05, 0.1) is 0 Å². The van der Waals surface area contributed by atoms with Crippen LogP contribution in [-0.2, 0) is 5.41 Å². The first-order valence-corrected chi connectivity index (χ1v) is 15.4. The van der Waals surface area contributed by atoms with E-state index in [0.717, 1.165) is 11.2 Å². The molecule has 0 atom stereocenters. The van der Waals surface area contributed by atoms with Gasteiger partial charge < -0.3 is 4.42 Å². The fourth-order valence-corrected chi connectivity index (χ4v) is 8.06. The highest BCUT2D eigenvalue weighted by molar-refractivity contribution is 6.27. The molecule has 0 unspecified atom stereocenters. The van der Waals surface area contributed by atoms with Gasteiger partial charge in [-0.1, -0.05) is 123 Å². The summed E-state index contributed by atoms with van der Waals surface area (Å²) in [6.07, 6.45) is 0. The first-order valence-electron chi connectivity index (χ1n) is 15.4. The predicted octanol–water partition coefficient (Wildman–Crippen LogP) is 12.1. The van der Waals surface area contributed by atoms with Crippen LogP contribution in [0.3, 0.4) is 0 Å². The smallest absolute Gasteiger partial charge is 0.136 e. The number of hydrogen-bond donors (Lipinski definition) is 0. The second-order valence-electron chi connectivity index (χ2n) is 12.9. The van der Waals surface area contributed by atoms with Crippen molar-refractivity contribution in [2.24, 2.45) is 0 Å². The van der Waals surface area contributed by atoms with Crippen molar-refractivity contribution in [3.8, 4) is 33.4 Å².